The number of amides is 1. The number of carbonyl (C=O) groups is 1. The molecule has 2 rings (SSSR count). The average molecular weight is 292 g/mol. The molecule has 1 fully saturated rings. The van der Waals surface area contributed by atoms with Crippen LogP contribution in [0.3, 0.4) is 0 Å². The number of aryl methyl sites for hydroxylation is 1. The monoisotopic (exact) mass is 292 g/mol. The number of rotatable bonds is 1. The highest BCUT2D eigenvalue weighted by Crippen LogP contribution is 2.20. The van der Waals surface area contributed by atoms with E-state index in [9.17, 15) is 4.79 Å². The molecule has 116 valence electrons. The van der Waals surface area contributed by atoms with E-state index in [1.165, 1.54) is 0 Å². The standard InChI is InChI=1S/C15H24N4O2/c1-11-10-18(13-12(2)16-6-7-17-13)8-9-19(11)14(20)21-15(3,4)5/h6-7,11H,8-10H2,1-5H3. The Balaban J connectivity index is 2.03. The first kappa shape index (κ1) is 15.5. The van der Waals surface area contributed by atoms with Crippen molar-refractivity contribution in [2.24, 2.45) is 0 Å². The Morgan fingerprint density at radius 2 is 1.95 bits per heavy atom. The molecule has 0 N–H and O–H groups in total. The molecule has 0 aromatic carbocycles. The van der Waals surface area contributed by atoms with Gasteiger partial charge in [0, 0.05) is 38.1 Å². The summed E-state index contributed by atoms with van der Waals surface area (Å²) in [6.07, 6.45) is 3.15. The molecule has 1 amide bonds. The summed E-state index contributed by atoms with van der Waals surface area (Å²) in [4.78, 5) is 24.8. The van der Waals surface area contributed by atoms with Crippen LogP contribution >= 0.6 is 0 Å². The largest absolute Gasteiger partial charge is 0.444 e. The Kier molecular flexibility index (Phi) is 4.34. The summed E-state index contributed by atoms with van der Waals surface area (Å²) >= 11 is 0. The van der Waals surface area contributed by atoms with Crippen molar-refractivity contribution in [3.05, 3.63) is 18.1 Å². The highest BCUT2D eigenvalue weighted by molar-refractivity contribution is 5.69. The van der Waals surface area contributed by atoms with Crippen molar-refractivity contribution >= 4 is 11.9 Å². The van der Waals surface area contributed by atoms with Crippen molar-refractivity contribution in [1.29, 1.82) is 0 Å². The lowest BCUT2D eigenvalue weighted by Gasteiger charge is -2.40. The third-order valence-corrected chi connectivity index (χ3v) is 3.41. The fraction of sp³-hybridized carbons (Fsp3) is 0.667. The summed E-state index contributed by atoms with van der Waals surface area (Å²) in [5.41, 5.74) is 0.450. The average Bonchev–Trinajstić information content (AvgIpc) is 2.37. The third kappa shape index (κ3) is 3.83. The smallest absolute Gasteiger partial charge is 0.410 e. The molecule has 1 atom stereocenters. The molecule has 1 aromatic rings. The lowest BCUT2D eigenvalue weighted by molar-refractivity contribution is 0.0158. The lowest BCUT2D eigenvalue weighted by Crippen LogP contribution is -2.55. The lowest BCUT2D eigenvalue weighted by atomic mass is 10.2. The van der Waals surface area contributed by atoms with Gasteiger partial charge in [0.2, 0.25) is 0 Å². The van der Waals surface area contributed by atoms with Crippen molar-refractivity contribution < 1.29 is 9.53 Å². The van der Waals surface area contributed by atoms with Gasteiger partial charge in [-0.2, -0.15) is 0 Å². The Morgan fingerprint density at radius 1 is 1.29 bits per heavy atom. The maximum atomic E-state index is 12.2. The fourth-order valence-electron chi connectivity index (χ4n) is 2.45. The minimum atomic E-state index is -0.463. The highest BCUT2D eigenvalue weighted by atomic mass is 16.6. The molecule has 6 heteroatoms. The molecule has 2 heterocycles. The molecule has 6 nitrogen and oxygen atoms in total. The Morgan fingerprint density at radius 3 is 2.52 bits per heavy atom. The molecule has 0 bridgehead atoms. The van der Waals surface area contributed by atoms with E-state index >= 15 is 0 Å². The Labute approximate surface area is 126 Å². The molecule has 0 saturated carbocycles. The van der Waals surface area contributed by atoms with E-state index in [1.54, 1.807) is 17.3 Å². The second kappa shape index (κ2) is 5.87. The third-order valence-electron chi connectivity index (χ3n) is 3.41. The second-order valence-corrected chi connectivity index (χ2v) is 6.43. The minimum absolute atomic E-state index is 0.0787. The number of carbonyl (C=O) groups excluding carboxylic acids is 1. The zero-order valence-electron chi connectivity index (χ0n) is 13.5. The predicted molar refractivity (Wildman–Crippen MR) is 81.4 cm³/mol. The van der Waals surface area contributed by atoms with E-state index in [4.69, 9.17) is 4.74 Å². The van der Waals surface area contributed by atoms with E-state index < -0.39 is 5.60 Å². The van der Waals surface area contributed by atoms with Gasteiger partial charge in [-0.3, -0.25) is 4.98 Å². The zero-order valence-corrected chi connectivity index (χ0v) is 13.5. The molecule has 1 saturated heterocycles. The topological polar surface area (TPSA) is 58.6 Å². The van der Waals surface area contributed by atoms with Crippen LogP contribution in [0.4, 0.5) is 10.6 Å². The molecule has 1 unspecified atom stereocenters. The summed E-state index contributed by atoms with van der Waals surface area (Å²) in [6, 6.07) is 0.0787. The SMILES string of the molecule is Cc1nccnc1N1CCN(C(=O)OC(C)(C)C)C(C)C1. The van der Waals surface area contributed by atoms with Gasteiger partial charge >= 0.3 is 6.09 Å². The van der Waals surface area contributed by atoms with E-state index in [-0.39, 0.29) is 12.1 Å². The van der Waals surface area contributed by atoms with Crippen LogP contribution in [0.2, 0.25) is 0 Å². The van der Waals surface area contributed by atoms with Crippen LogP contribution in [0.5, 0.6) is 0 Å². The quantitative estimate of drug-likeness (QED) is 0.794. The van der Waals surface area contributed by atoms with Crippen LogP contribution < -0.4 is 4.90 Å². The number of anilines is 1. The van der Waals surface area contributed by atoms with Crippen LogP contribution in [-0.2, 0) is 4.74 Å². The molecule has 1 aliphatic rings. The molecule has 1 aliphatic heterocycles. The maximum Gasteiger partial charge on any atom is 0.410 e. The minimum Gasteiger partial charge on any atom is -0.444 e. The summed E-state index contributed by atoms with van der Waals surface area (Å²) < 4.78 is 5.45. The summed E-state index contributed by atoms with van der Waals surface area (Å²) in [5, 5.41) is 0. The van der Waals surface area contributed by atoms with Crippen LogP contribution in [0.1, 0.15) is 33.4 Å². The first-order valence-corrected chi connectivity index (χ1v) is 7.30. The Bertz CT molecular complexity index is 513. The second-order valence-electron chi connectivity index (χ2n) is 6.43. The van der Waals surface area contributed by atoms with Gasteiger partial charge < -0.3 is 14.5 Å². The van der Waals surface area contributed by atoms with Crippen LogP contribution in [0, 0.1) is 6.92 Å². The van der Waals surface area contributed by atoms with Gasteiger partial charge in [-0.25, -0.2) is 9.78 Å². The number of piperazine rings is 1. The van der Waals surface area contributed by atoms with Gasteiger partial charge in [0.15, 0.2) is 0 Å². The number of hydrogen-bond donors (Lipinski definition) is 0. The predicted octanol–water partition coefficient (Wildman–Crippen LogP) is 2.23. The van der Waals surface area contributed by atoms with Crippen molar-refractivity contribution in [1.82, 2.24) is 14.9 Å². The van der Waals surface area contributed by atoms with E-state index in [2.05, 4.69) is 14.9 Å². The van der Waals surface area contributed by atoms with E-state index in [0.29, 0.717) is 6.54 Å². The zero-order chi connectivity index (χ0) is 15.6. The molecule has 0 radical (unpaired) electrons. The maximum absolute atomic E-state index is 12.2. The van der Waals surface area contributed by atoms with Crippen molar-refractivity contribution in [2.45, 2.75) is 46.3 Å². The van der Waals surface area contributed by atoms with E-state index in [0.717, 1.165) is 24.6 Å². The number of aromatic nitrogens is 2. The first-order valence-electron chi connectivity index (χ1n) is 7.30. The van der Waals surface area contributed by atoms with Crippen molar-refractivity contribution in [2.75, 3.05) is 24.5 Å². The fourth-order valence-corrected chi connectivity index (χ4v) is 2.45. The van der Waals surface area contributed by atoms with Crippen molar-refractivity contribution in [3.8, 4) is 0 Å². The Hall–Kier alpha value is -1.85. The van der Waals surface area contributed by atoms with Crippen molar-refractivity contribution in [3.63, 3.8) is 0 Å². The summed E-state index contributed by atoms with van der Waals surface area (Å²) in [5.74, 6) is 0.896. The van der Waals surface area contributed by atoms with Gasteiger partial charge in [-0.15, -0.1) is 0 Å². The van der Waals surface area contributed by atoms with Crippen LogP contribution in [0.25, 0.3) is 0 Å². The van der Waals surface area contributed by atoms with Gasteiger partial charge in [0.25, 0.3) is 0 Å². The molecular formula is C15H24N4O2. The summed E-state index contributed by atoms with van der Waals surface area (Å²) in [6.45, 7) is 11.7. The van der Waals surface area contributed by atoms with Crippen LogP contribution in [-0.4, -0.2) is 52.2 Å². The number of hydrogen-bond acceptors (Lipinski definition) is 5. The first-order chi connectivity index (χ1) is 9.78. The molecule has 21 heavy (non-hydrogen) atoms. The van der Waals surface area contributed by atoms with Gasteiger partial charge in [-0.1, -0.05) is 0 Å². The molecule has 0 aliphatic carbocycles. The van der Waals surface area contributed by atoms with Gasteiger partial charge in [0.05, 0.1) is 5.69 Å². The summed E-state index contributed by atoms with van der Waals surface area (Å²) in [7, 11) is 0. The van der Waals surface area contributed by atoms with Gasteiger partial charge in [-0.05, 0) is 34.6 Å². The normalized spacial score (nSPS) is 19.6. The van der Waals surface area contributed by atoms with E-state index in [1.807, 2.05) is 34.6 Å². The van der Waals surface area contributed by atoms with Crippen LogP contribution in [0.15, 0.2) is 12.4 Å². The highest BCUT2D eigenvalue weighted by Gasteiger charge is 2.31. The molecule has 1 aromatic heterocycles. The molecular weight excluding hydrogens is 268 g/mol. The van der Waals surface area contributed by atoms with Gasteiger partial charge in [0.1, 0.15) is 11.4 Å². The number of nitrogens with zero attached hydrogens (tertiary/aromatic N) is 4. The molecule has 0 spiro atoms. The number of ether oxygens (including phenoxy) is 1.